The fourth-order valence-corrected chi connectivity index (χ4v) is 7.97. The van der Waals surface area contributed by atoms with Crippen molar-refractivity contribution in [2.45, 2.75) is 177 Å². The number of hydrogen-bond donors (Lipinski definition) is 12. The minimum absolute atomic E-state index is 0.107. The Morgan fingerprint density at radius 3 is 1.82 bits per heavy atom. The molecule has 0 aromatic heterocycles. The Bertz CT molecular complexity index is 1670. The van der Waals surface area contributed by atoms with Crippen LogP contribution in [0.25, 0.3) is 0 Å². The molecule has 18 heteroatoms. The number of hydrogen-bond acceptors (Lipinski definition) is 17. The van der Waals surface area contributed by atoms with Crippen LogP contribution in [0, 0.1) is 17.8 Å². The zero-order valence-corrected chi connectivity index (χ0v) is 37.6. The molecule has 13 N–H and O–H groups in total. The number of aliphatic carboxylic acids is 1. The molecule has 368 valence electrons. The number of aliphatic hydroxyl groups excluding tert-OH is 9. The third-order valence-electron chi connectivity index (χ3n) is 12.0. The smallest absolute Gasteiger partial charge is 0.311 e. The highest BCUT2D eigenvalue weighted by atomic mass is 16.7. The summed E-state index contributed by atoms with van der Waals surface area (Å²) in [6.45, 7) is 6.74. The molecule has 2 bridgehead atoms. The van der Waals surface area contributed by atoms with Crippen LogP contribution in [0.3, 0.4) is 0 Å². The number of allylic oxidation sites excluding steroid dienone is 12. The van der Waals surface area contributed by atoms with Crippen LogP contribution in [-0.4, -0.2) is 166 Å². The topological polar surface area (TPSA) is 320 Å². The van der Waals surface area contributed by atoms with Crippen molar-refractivity contribution in [3.63, 3.8) is 0 Å². The molecule has 2 fully saturated rings. The van der Waals surface area contributed by atoms with Gasteiger partial charge in [0.1, 0.15) is 18.1 Å². The predicted molar refractivity (Wildman–Crippen MR) is 237 cm³/mol. The Kier molecular flexibility index (Phi) is 23.6. The lowest BCUT2D eigenvalue weighted by Crippen LogP contribution is -2.61. The quantitative estimate of drug-likeness (QED) is 0.174. The van der Waals surface area contributed by atoms with E-state index in [0.29, 0.717) is 0 Å². The van der Waals surface area contributed by atoms with E-state index < -0.39 is 147 Å². The number of aliphatic hydroxyl groups is 10. The largest absolute Gasteiger partial charge is 0.481 e. The summed E-state index contributed by atoms with van der Waals surface area (Å²) in [6.07, 6.45) is 3.46. The van der Waals surface area contributed by atoms with Crippen LogP contribution < -0.4 is 5.73 Å². The Balaban J connectivity index is 1.86. The molecule has 19 atom stereocenters. The number of nitrogens with two attached hydrogens (primary N) is 1. The first kappa shape index (κ1) is 55.9. The van der Waals surface area contributed by atoms with E-state index in [0.717, 1.165) is 0 Å². The number of carbonyl (C=O) groups excluding carboxylic acids is 1. The number of ether oxygens (including phenoxy) is 4. The average molecular weight is 924 g/mol. The van der Waals surface area contributed by atoms with Gasteiger partial charge in [0, 0.05) is 37.5 Å². The number of carbonyl (C=O) groups is 2. The highest BCUT2D eigenvalue weighted by Crippen LogP contribution is 2.38. The van der Waals surface area contributed by atoms with Crippen LogP contribution in [0.5, 0.6) is 0 Å². The lowest BCUT2D eigenvalue weighted by Gasteiger charge is -2.45. The van der Waals surface area contributed by atoms with Gasteiger partial charge in [-0.25, -0.2) is 0 Å². The summed E-state index contributed by atoms with van der Waals surface area (Å²) in [5, 5.41) is 118. The van der Waals surface area contributed by atoms with Crippen LogP contribution >= 0.6 is 0 Å². The summed E-state index contributed by atoms with van der Waals surface area (Å²) >= 11 is 0. The van der Waals surface area contributed by atoms with Crippen LogP contribution in [0.4, 0.5) is 0 Å². The van der Waals surface area contributed by atoms with Crippen molar-refractivity contribution in [1.82, 2.24) is 0 Å². The van der Waals surface area contributed by atoms with Crippen molar-refractivity contribution in [2.75, 3.05) is 0 Å². The van der Waals surface area contributed by atoms with Gasteiger partial charge >= 0.3 is 11.9 Å². The number of rotatable bonds is 3. The summed E-state index contributed by atoms with van der Waals surface area (Å²) in [4.78, 5) is 25.1. The van der Waals surface area contributed by atoms with E-state index in [1.54, 1.807) is 80.7 Å². The lowest BCUT2D eigenvalue weighted by molar-refractivity contribution is -0.308. The molecule has 18 nitrogen and oxygen atoms in total. The summed E-state index contributed by atoms with van der Waals surface area (Å²) in [7, 11) is 0. The molecule has 3 aliphatic rings. The highest BCUT2D eigenvalue weighted by molar-refractivity contribution is 5.71. The maximum absolute atomic E-state index is 12.6. The maximum atomic E-state index is 12.6. The first-order chi connectivity index (χ1) is 30.6. The molecule has 2 saturated heterocycles. The van der Waals surface area contributed by atoms with Gasteiger partial charge in [0.05, 0.1) is 79.6 Å². The molecular formula is C47H73NO17. The SMILES string of the molecule is C[C@@H]1[C@H](O)[C@@H](C)/C=C/C=C\C=C\C=C\C=C/C=C/C=C/[C@H](O[C@@H]2O[C@H](C)[C@@H](O)[C@H](N)[C@@H]2O)C[C@@H]2O[C@](O)(C[C@H](O)C[C@H](O)[C@H](O)CC[C@H](O)C[C@H](O)CC(=O)O[C@@H]1C)C[C@H](O)[C@H]2C(=O)O. The van der Waals surface area contributed by atoms with Crippen LogP contribution in [-0.2, 0) is 28.5 Å². The third-order valence-corrected chi connectivity index (χ3v) is 12.0. The van der Waals surface area contributed by atoms with E-state index in [1.807, 2.05) is 19.1 Å². The van der Waals surface area contributed by atoms with E-state index >= 15 is 0 Å². The van der Waals surface area contributed by atoms with Crippen molar-refractivity contribution in [3.05, 3.63) is 85.1 Å². The van der Waals surface area contributed by atoms with E-state index in [-0.39, 0.29) is 31.6 Å². The van der Waals surface area contributed by atoms with E-state index in [4.69, 9.17) is 24.7 Å². The number of cyclic esters (lactones) is 1. The van der Waals surface area contributed by atoms with E-state index in [9.17, 15) is 65.8 Å². The zero-order chi connectivity index (χ0) is 48.4. The van der Waals surface area contributed by atoms with Gasteiger partial charge in [-0.05, 0) is 33.1 Å². The normalized spacial score (nSPS) is 45.5. The van der Waals surface area contributed by atoms with Gasteiger partial charge < -0.3 is 80.9 Å². The van der Waals surface area contributed by atoms with Gasteiger partial charge in [-0.3, -0.25) is 9.59 Å². The monoisotopic (exact) mass is 923 g/mol. The second-order valence-electron chi connectivity index (χ2n) is 17.6. The first-order valence-corrected chi connectivity index (χ1v) is 22.3. The van der Waals surface area contributed by atoms with Gasteiger partial charge in [-0.2, -0.15) is 0 Å². The number of esters is 1. The molecule has 3 heterocycles. The Morgan fingerprint density at radius 1 is 0.662 bits per heavy atom. The van der Waals surface area contributed by atoms with Gasteiger partial charge in [0.2, 0.25) is 0 Å². The number of fused-ring (bicyclic) bond motifs is 2. The van der Waals surface area contributed by atoms with Gasteiger partial charge in [-0.15, -0.1) is 0 Å². The van der Waals surface area contributed by atoms with Gasteiger partial charge in [-0.1, -0.05) is 98.9 Å². The maximum Gasteiger partial charge on any atom is 0.311 e. The minimum Gasteiger partial charge on any atom is -0.481 e. The van der Waals surface area contributed by atoms with Crippen molar-refractivity contribution in [2.24, 2.45) is 23.5 Å². The molecule has 0 saturated carbocycles. The Morgan fingerprint density at radius 2 is 1.23 bits per heavy atom. The van der Waals surface area contributed by atoms with Crippen LogP contribution in [0.1, 0.15) is 79.1 Å². The zero-order valence-electron chi connectivity index (χ0n) is 37.6. The molecule has 3 aliphatic heterocycles. The van der Waals surface area contributed by atoms with Gasteiger partial charge in [0.25, 0.3) is 0 Å². The molecule has 0 aromatic carbocycles. The first-order valence-electron chi connectivity index (χ1n) is 22.3. The molecule has 0 aliphatic carbocycles. The minimum atomic E-state index is -2.33. The summed E-state index contributed by atoms with van der Waals surface area (Å²) < 4.78 is 23.1. The molecule has 0 radical (unpaired) electrons. The molecule has 65 heavy (non-hydrogen) atoms. The fraction of sp³-hybridized carbons (Fsp3) is 0.660. The molecular weight excluding hydrogens is 851 g/mol. The van der Waals surface area contributed by atoms with Crippen molar-refractivity contribution in [1.29, 1.82) is 0 Å². The van der Waals surface area contributed by atoms with Crippen molar-refractivity contribution in [3.8, 4) is 0 Å². The van der Waals surface area contributed by atoms with Gasteiger partial charge in [0.15, 0.2) is 12.1 Å². The molecule has 0 unspecified atom stereocenters. The average Bonchev–Trinajstić information content (AvgIpc) is 3.21. The summed E-state index contributed by atoms with van der Waals surface area (Å²) in [5.74, 6) is -6.83. The second-order valence-corrected chi connectivity index (χ2v) is 17.6. The summed E-state index contributed by atoms with van der Waals surface area (Å²) in [6, 6.07) is -1.15. The Labute approximate surface area is 381 Å². The molecule has 0 spiro atoms. The highest BCUT2D eigenvalue weighted by Gasteiger charge is 2.51. The van der Waals surface area contributed by atoms with Crippen LogP contribution in [0.2, 0.25) is 0 Å². The van der Waals surface area contributed by atoms with Crippen molar-refractivity contribution >= 4 is 11.9 Å². The molecule has 0 aromatic rings. The lowest BCUT2D eigenvalue weighted by atomic mass is 9.82. The summed E-state index contributed by atoms with van der Waals surface area (Å²) in [5.41, 5.74) is 6.02. The van der Waals surface area contributed by atoms with Crippen LogP contribution in [0.15, 0.2) is 85.1 Å². The fourth-order valence-electron chi connectivity index (χ4n) is 7.97. The molecule has 3 rings (SSSR count). The third kappa shape index (κ3) is 18.6. The Hall–Kier alpha value is -3.44. The second kappa shape index (κ2) is 27.4. The number of carboxylic acids is 1. The number of carboxylic acid groups (broad SMARTS) is 1. The van der Waals surface area contributed by atoms with E-state index in [2.05, 4.69) is 0 Å². The predicted octanol–water partition coefficient (Wildman–Crippen LogP) is 0.712. The van der Waals surface area contributed by atoms with E-state index in [1.165, 1.54) is 13.0 Å². The standard InChI is InChI=1S/C47H73NO17/c1-27-17-15-13-11-9-7-5-6-8-10-12-14-16-18-34(64-46-44(58)41(48)43(57)30(4)63-46)24-38-40(45(59)60)37(54)26-47(61,65-38)25-33(51)22-36(53)35(52)20-19-31(49)21-32(50)23-39(55)62-29(3)28(2)42(27)56/h5-18,27-38,40-44,46,49-54,56-58,61H,19-26,48H2,1-4H3,(H,59,60)/b6-5+,9-7+,10-8-,13-11-,14-12+,17-15+,18-16+/t27-,28-,29+,30+,31-,32-,33+,34-,35+,36-,37-,38-,40+,41-,42+,43+,44-,46-,47+/m0/s1. The molecule has 0 amide bonds. The van der Waals surface area contributed by atoms with Crippen molar-refractivity contribution < 1.29 is 84.7 Å².